The van der Waals surface area contributed by atoms with E-state index in [0.717, 1.165) is 53.9 Å². The summed E-state index contributed by atoms with van der Waals surface area (Å²) in [7, 11) is -3.99. The Balaban J connectivity index is 1.35. The Morgan fingerprint density at radius 2 is 1.71 bits per heavy atom. The van der Waals surface area contributed by atoms with Crippen molar-refractivity contribution >= 4 is 15.9 Å². The fourth-order valence-corrected chi connectivity index (χ4v) is 6.11. The molecule has 7 nitrogen and oxygen atoms in total. The van der Waals surface area contributed by atoms with Crippen molar-refractivity contribution in [2.24, 2.45) is 0 Å². The lowest BCUT2D eigenvalue weighted by molar-refractivity contribution is 0.0690. The number of hydrogen-bond donors (Lipinski definition) is 0. The SMILES string of the molecule is Cc1ccccc1-n1nc(C(=O)N2CCN(S(=O)(=O)c3ccc(F)c(F)c3)CC2)c2c1CCC2. The Kier molecular flexibility index (Phi) is 5.73. The molecule has 178 valence electrons. The number of hydrogen-bond acceptors (Lipinski definition) is 4. The molecule has 0 bridgehead atoms. The number of sulfonamides is 1. The molecule has 1 aromatic heterocycles. The molecule has 1 fully saturated rings. The standard InChI is InChI=1S/C24H24F2N4O3S/c1-16-5-2-3-7-21(16)30-22-8-4-6-18(22)23(27-30)24(31)28-11-13-29(14-12-28)34(32,33)17-9-10-19(25)20(26)15-17/h2-3,5,7,9-10,15H,4,6,8,11-14H2,1H3. The highest BCUT2D eigenvalue weighted by Crippen LogP contribution is 2.30. The van der Waals surface area contributed by atoms with Gasteiger partial charge in [0.25, 0.3) is 5.91 Å². The van der Waals surface area contributed by atoms with Crippen molar-refractivity contribution in [1.82, 2.24) is 19.0 Å². The Morgan fingerprint density at radius 1 is 0.971 bits per heavy atom. The van der Waals surface area contributed by atoms with Crippen molar-refractivity contribution in [3.63, 3.8) is 0 Å². The van der Waals surface area contributed by atoms with Crippen LogP contribution in [0.3, 0.4) is 0 Å². The first-order chi connectivity index (χ1) is 16.3. The number of carbonyl (C=O) groups excluding carboxylic acids is 1. The highest BCUT2D eigenvalue weighted by molar-refractivity contribution is 7.89. The Labute approximate surface area is 196 Å². The number of aryl methyl sites for hydroxylation is 1. The van der Waals surface area contributed by atoms with Crippen LogP contribution in [0.1, 0.15) is 33.7 Å². The second-order valence-electron chi connectivity index (χ2n) is 8.60. The van der Waals surface area contributed by atoms with Gasteiger partial charge in [0.15, 0.2) is 17.3 Å². The summed E-state index contributed by atoms with van der Waals surface area (Å²) < 4.78 is 55.6. The quantitative estimate of drug-likeness (QED) is 0.568. The summed E-state index contributed by atoms with van der Waals surface area (Å²) in [6.07, 6.45) is 2.59. The number of nitrogens with zero attached hydrogens (tertiary/aromatic N) is 4. The molecular weight excluding hydrogens is 462 g/mol. The van der Waals surface area contributed by atoms with Crippen molar-refractivity contribution in [3.05, 3.63) is 76.6 Å². The number of rotatable bonds is 4. The third-order valence-corrected chi connectivity index (χ3v) is 8.43. The van der Waals surface area contributed by atoms with E-state index in [1.807, 2.05) is 35.9 Å². The fraction of sp³-hybridized carbons (Fsp3) is 0.333. The highest BCUT2D eigenvalue weighted by atomic mass is 32.2. The molecule has 0 atom stereocenters. The van der Waals surface area contributed by atoms with Gasteiger partial charge < -0.3 is 4.90 Å². The summed E-state index contributed by atoms with van der Waals surface area (Å²) in [4.78, 5) is 14.7. The van der Waals surface area contributed by atoms with Crippen LogP contribution in [0.5, 0.6) is 0 Å². The molecule has 2 aliphatic rings. The molecule has 34 heavy (non-hydrogen) atoms. The number of benzene rings is 2. The molecule has 10 heteroatoms. The van der Waals surface area contributed by atoms with Gasteiger partial charge in [-0.1, -0.05) is 18.2 Å². The molecule has 0 N–H and O–H groups in total. The fourth-order valence-electron chi connectivity index (χ4n) is 4.68. The zero-order chi connectivity index (χ0) is 24.0. The van der Waals surface area contributed by atoms with Crippen LogP contribution in [-0.4, -0.2) is 59.5 Å². The molecule has 0 unspecified atom stereocenters. The van der Waals surface area contributed by atoms with E-state index >= 15 is 0 Å². The van der Waals surface area contributed by atoms with E-state index in [1.165, 1.54) is 4.31 Å². The maximum absolute atomic E-state index is 13.6. The molecule has 0 saturated carbocycles. The molecule has 2 aromatic carbocycles. The largest absolute Gasteiger partial charge is 0.335 e. The molecule has 0 radical (unpaired) electrons. The first-order valence-electron chi connectivity index (χ1n) is 11.2. The minimum atomic E-state index is -3.99. The number of carbonyl (C=O) groups is 1. The van der Waals surface area contributed by atoms with E-state index in [0.29, 0.717) is 11.8 Å². The maximum Gasteiger partial charge on any atom is 0.274 e. The lowest BCUT2D eigenvalue weighted by Crippen LogP contribution is -2.50. The molecular formula is C24H24F2N4O3S. The smallest absolute Gasteiger partial charge is 0.274 e. The van der Waals surface area contributed by atoms with Gasteiger partial charge in [-0.3, -0.25) is 4.79 Å². The molecule has 5 rings (SSSR count). The van der Waals surface area contributed by atoms with Crippen LogP contribution < -0.4 is 0 Å². The van der Waals surface area contributed by atoms with E-state index in [-0.39, 0.29) is 37.0 Å². The van der Waals surface area contributed by atoms with Gasteiger partial charge in [-0.25, -0.2) is 21.9 Å². The summed E-state index contributed by atoms with van der Waals surface area (Å²) in [6.45, 7) is 2.51. The topological polar surface area (TPSA) is 75.5 Å². The average Bonchev–Trinajstić information content (AvgIpc) is 3.44. The van der Waals surface area contributed by atoms with Crippen LogP contribution in [0, 0.1) is 18.6 Å². The van der Waals surface area contributed by atoms with E-state index in [2.05, 4.69) is 5.10 Å². The van der Waals surface area contributed by atoms with E-state index in [4.69, 9.17) is 0 Å². The van der Waals surface area contributed by atoms with Crippen LogP contribution >= 0.6 is 0 Å². The third kappa shape index (κ3) is 3.80. The van der Waals surface area contributed by atoms with Crippen LogP contribution in [0.15, 0.2) is 47.4 Å². The number of halogens is 2. The highest BCUT2D eigenvalue weighted by Gasteiger charge is 2.34. The summed E-state index contributed by atoms with van der Waals surface area (Å²) in [5.74, 6) is -2.53. The summed E-state index contributed by atoms with van der Waals surface area (Å²) in [6, 6.07) is 10.4. The maximum atomic E-state index is 13.6. The predicted octanol–water partition coefficient (Wildman–Crippen LogP) is 3.09. The Hall–Kier alpha value is -3.11. The van der Waals surface area contributed by atoms with Gasteiger partial charge in [0.05, 0.1) is 10.6 Å². The van der Waals surface area contributed by atoms with Gasteiger partial charge in [-0.15, -0.1) is 0 Å². The molecule has 2 heterocycles. The lowest BCUT2D eigenvalue weighted by atomic mass is 10.1. The van der Waals surface area contributed by atoms with Crippen LogP contribution in [-0.2, 0) is 22.9 Å². The number of piperazine rings is 1. The molecule has 1 amide bonds. The van der Waals surface area contributed by atoms with Crippen molar-refractivity contribution < 1.29 is 22.0 Å². The minimum Gasteiger partial charge on any atom is -0.335 e. The van der Waals surface area contributed by atoms with E-state index in [9.17, 15) is 22.0 Å². The predicted molar refractivity (Wildman–Crippen MR) is 121 cm³/mol. The first kappa shape index (κ1) is 22.7. The van der Waals surface area contributed by atoms with Crippen LogP contribution in [0.25, 0.3) is 5.69 Å². The normalized spacial score (nSPS) is 16.6. The molecule has 0 spiro atoms. The second-order valence-corrected chi connectivity index (χ2v) is 10.5. The van der Waals surface area contributed by atoms with Gasteiger partial charge in [-0.2, -0.15) is 9.40 Å². The summed E-state index contributed by atoms with van der Waals surface area (Å²) >= 11 is 0. The first-order valence-corrected chi connectivity index (χ1v) is 12.6. The van der Waals surface area contributed by atoms with Crippen molar-refractivity contribution in [2.75, 3.05) is 26.2 Å². The van der Waals surface area contributed by atoms with Crippen molar-refractivity contribution in [2.45, 2.75) is 31.1 Å². The van der Waals surface area contributed by atoms with Crippen LogP contribution in [0.4, 0.5) is 8.78 Å². The molecule has 3 aromatic rings. The Bertz CT molecular complexity index is 1380. The number of amides is 1. The minimum absolute atomic E-state index is 0.0633. The monoisotopic (exact) mass is 486 g/mol. The Morgan fingerprint density at radius 3 is 2.41 bits per heavy atom. The van der Waals surface area contributed by atoms with Crippen LogP contribution in [0.2, 0.25) is 0 Å². The summed E-state index contributed by atoms with van der Waals surface area (Å²) in [5.41, 5.74) is 4.45. The number of fused-ring (bicyclic) bond motifs is 1. The van der Waals surface area contributed by atoms with E-state index < -0.39 is 21.7 Å². The lowest BCUT2D eigenvalue weighted by Gasteiger charge is -2.33. The second kappa shape index (κ2) is 8.59. The zero-order valence-corrected chi connectivity index (χ0v) is 19.5. The van der Waals surface area contributed by atoms with Gasteiger partial charge in [0, 0.05) is 37.4 Å². The molecule has 1 aliphatic heterocycles. The van der Waals surface area contributed by atoms with E-state index in [1.54, 1.807) is 4.90 Å². The van der Waals surface area contributed by atoms with Gasteiger partial charge in [0.2, 0.25) is 10.0 Å². The van der Waals surface area contributed by atoms with Gasteiger partial charge in [-0.05, 0) is 56.0 Å². The summed E-state index contributed by atoms with van der Waals surface area (Å²) in [5, 5.41) is 4.69. The van der Waals surface area contributed by atoms with Gasteiger partial charge in [0.1, 0.15) is 0 Å². The molecule has 1 saturated heterocycles. The molecule has 1 aliphatic carbocycles. The van der Waals surface area contributed by atoms with Crippen molar-refractivity contribution in [1.29, 1.82) is 0 Å². The van der Waals surface area contributed by atoms with Gasteiger partial charge >= 0.3 is 0 Å². The number of aromatic nitrogens is 2. The zero-order valence-electron chi connectivity index (χ0n) is 18.7. The van der Waals surface area contributed by atoms with Crippen molar-refractivity contribution in [3.8, 4) is 5.69 Å². The third-order valence-electron chi connectivity index (χ3n) is 6.53. The number of para-hydroxylation sites is 1. The average molecular weight is 487 g/mol.